The number of aromatic carboxylic acids is 2. The van der Waals surface area contributed by atoms with Crippen LogP contribution in [-0.2, 0) is 4.79 Å². The standard InChI is InChI=1S/C37H36IN5O7/c38-25-3-1-22(2-4-25)29(34(46)43-26-9-23(35(47)48)8-24(10-26)36(49)50)16-39-32(44)27-11-30-31(42-18-41-30)12-28(27)33(45)40-17-37-13-19-5-20(14-37)7-21(6-19)15-37/h1-4,8-12,18-21,29H,5-7,13-17H2,(H,39,44)(H,40,45)(H,41,42)(H,43,46)(H,47,48)(H,49,50). The molecule has 6 N–H and O–H groups in total. The molecule has 4 fully saturated rings. The zero-order valence-corrected chi connectivity index (χ0v) is 29.2. The Labute approximate surface area is 301 Å². The van der Waals surface area contributed by atoms with Crippen molar-refractivity contribution in [3.63, 3.8) is 0 Å². The summed E-state index contributed by atoms with van der Waals surface area (Å²) in [4.78, 5) is 72.0. The minimum atomic E-state index is -1.35. The van der Waals surface area contributed by atoms with Gasteiger partial charge in [-0.05, 0) is 132 Å². The van der Waals surface area contributed by atoms with Gasteiger partial charge in [-0.1, -0.05) is 12.1 Å². The van der Waals surface area contributed by atoms with E-state index in [9.17, 15) is 34.2 Å². The first-order valence-electron chi connectivity index (χ1n) is 16.7. The predicted octanol–water partition coefficient (Wildman–Crippen LogP) is 5.66. The third-order valence-corrected chi connectivity index (χ3v) is 11.3. The Kier molecular flexibility index (Phi) is 9.09. The number of imidazole rings is 1. The fourth-order valence-electron chi connectivity index (χ4n) is 8.75. The Hall–Kier alpha value is -4.79. The number of nitrogens with one attached hydrogen (secondary N) is 4. The smallest absolute Gasteiger partial charge is 0.335 e. The number of hydrogen-bond acceptors (Lipinski definition) is 6. The summed E-state index contributed by atoms with van der Waals surface area (Å²) < 4.78 is 0.923. The first kappa shape index (κ1) is 33.7. The first-order valence-corrected chi connectivity index (χ1v) is 17.7. The van der Waals surface area contributed by atoms with Crippen molar-refractivity contribution in [2.75, 3.05) is 18.4 Å². The summed E-state index contributed by atoms with van der Waals surface area (Å²) in [6.07, 6.45) is 8.79. The van der Waals surface area contributed by atoms with Crippen LogP contribution in [0.15, 0.2) is 60.9 Å². The number of benzene rings is 3. The van der Waals surface area contributed by atoms with E-state index in [1.807, 2.05) is 12.1 Å². The number of rotatable bonds is 11. The van der Waals surface area contributed by atoms with E-state index in [2.05, 4.69) is 48.5 Å². The molecule has 50 heavy (non-hydrogen) atoms. The largest absolute Gasteiger partial charge is 0.478 e. The molecule has 12 nitrogen and oxygen atoms in total. The molecule has 4 aliphatic rings. The molecule has 3 amide bonds. The van der Waals surface area contributed by atoms with Gasteiger partial charge in [0.25, 0.3) is 11.8 Å². The Morgan fingerprint density at radius 1 is 0.820 bits per heavy atom. The lowest BCUT2D eigenvalue weighted by Gasteiger charge is -2.56. The van der Waals surface area contributed by atoms with Gasteiger partial charge in [0.2, 0.25) is 5.91 Å². The molecule has 0 radical (unpaired) electrons. The Morgan fingerprint density at radius 2 is 1.40 bits per heavy atom. The van der Waals surface area contributed by atoms with Crippen molar-refractivity contribution in [1.29, 1.82) is 0 Å². The second kappa shape index (κ2) is 13.5. The molecule has 4 aromatic rings. The molecular formula is C37H36IN5O7. The molecule has 1 unspecified atom stereocenters. The average Bonchev–Trinajstić information content (AvgIpc) is 3.54. The number of H-pyrrole nitrogens is 1. The zero-order valence-electron chi connectivity index (χ0n) is 27.0. The van der Waals surface area contributed by atoms with E-state index < -0.39 is 29.7 Å². The molecule has 4 bridgehead atoms. The van der Waals surface area contributed by atoms with Gasteiger partial charge in [-0.3, -0.25) is 14.4 Å². The van der Waals surface area contributed by atoms with Crippen molar-refractivity contribution >= 4 is 69.0 Å². The maximum Gasteiger partial charge on any atom is 0.335 e. The molecule has 13 heteroatoms. The molecule has 0 saturated heterocycles. The van der Waals surface area contributed by atoms with Crippen LogP contribution < -0.4 is 16.0 Å². The number of anilines is 1. The maximum atomic E-state index is 13.9. The van der Waals surface area contributed by atoms with Gasteiger partial charge in [0.15, 0.2) is 0 Å². The van der Waals surface area contributed by atoms with Crippen LogP contribution >= 0.6 is 22.6 Å². The highest BCUT2D eigenvalue weighted by molar-refractivity contribution is 14.1. The SMILES string of the molecule is O=C(O)c1cc(NC(=O)C(CNC(=O)c2cc3nc[nH]c3cc2C(=O)NCC23CC4CC(CC(C4)C2)C3)c2ccc(I)cc2)cc(C(=O)O)c1. The Morgan fingerprint density at radius 3 is 2.00 bits per heavy atom. The van der Waals surface area contributed by atoms with Gasteiger partial charge in [0.1, 0.15) is 0 Å². The van der Waals surface area contributed by atoms with Crippen molar-refractivity contribution in [1.82, 2.24) is 20.6 Å². The number of carbonyl (C=O) groups is 5. The molecule has 8 rings (SSSR count). The summed E-state index contributed by atoms with van der Waals surface area (Å²) in [5.74, 6) is -2.96. The van der Waals surface area contributed by atoms with Gasteiger partial charge in [-0.2, -0.15) is 0 Å². The highest BCUT2D eigenvalue weighted by atomic mass is 127. The van der Waals surface area contributed by atoms with Gasteiger partial charge >= 0.3 is 11.9 Å². The molecular weight excluding hydrogens is 753 g/mol. The fourth-order valence-corrected chi connectivity index (χ4v) is 9.11. The molecule has 4 saturated carbocycles. The molecule has 1 heterocycles. The van der Waals surface area contributed by atoms with Gasteiger partial charge < -0.3 is 31.1 Å². The first-order chi connectivity index (χ1) is 23.9. The highest BCUT2D eigenvalue weighted by Gasteiger charge is 2.50. The number of carboxylic acids is 2. The van der Waals surface area contributed by atoms with Crippen LogP contribution in [0.1, 0.15) is 91.4 Å². The number of nitrogens with zero attached hydrogens (tertiary/aromatic N) is 1. The number of fused-ring (bicyclic) bond motifs is 1. The molecule has 3 aromatic carbocycles. The van der Waals surface area contributed by atoms with Crippen molar-refractivity contribution < 1.29 is 34.2 Å². The van der Waals surface area contributed by atoms with Crippen molar-refractivity contribution in [2.24, 2.45) is 23.2 Å². The summed E-state index contributed by atoms with van der Waals surface area (Å²) in [6, 6.07) is 13.6. The number of aromatic amines is 1. The number of hydrogen-bond donors (Lipinski definition) is 6. The Bertz CT molecular complexity index is 1960. The van der Waals surface area contributed by atoms with E-state index in [1.165, 1.54) is 37.7 Å². The second-order valence-electron chi connectivity index (χ2n) is 14.1. The lowest BCUT2D eigenvalue weighted by Crippen LogP contribution is -2.51. The average molecular weight is 790 g/mol. The highest BCUT2D eigenvalue weighted by Crippen LogP contribution is 2.59. The van der Waals surface area contributed by atoms with E-state index >= 15 is 0 Å². The molecule has 4 aliphatic carbocycles. The summed E-state index contributed by atoms with van der Waals surface area (Å²) in [6.45, 7) is 0.391. The van der Waals surface area contributed by atoms with Crippen LogP contribution in [0.2, 0.25) is 0 Å². The van der Waals surface area contributed by atoms with E-state index in [-0.39, 0.29) is 45.8 Å². The van der Waals surface area contributed by atoms with Crippen molar-refractivity contribution in [2.45, 2.75) is 44.4 Å². The Balaban J connectivity index is 1.12. The number of carboxylic acid groups (broad SMARTS) is 2. The van der Waals surface area contributed by atoms with E-state index in [0.717, 1.165) is 46.7 Å². The van der Waals surface area contributed by atoms with Gasteiger partial charge in [0, 0.05) is 22.3 Å². The van der Waals surface area contributed by atoms with Crippen LogP contribution in [0.25, 0.3) is 11.0 Å². The van der Waals surface area contributed by atoms with Crippen molar-refractivity contribution in [3.8, 4) is 0 Å². The minimum Gasteiger partial charge on any atom is -0.478 e. The zero-order chi connectivity index (χ0) is 35.2. The fraction of sp³-hybridized carbons (Fsp3) is 0.351. The normalized spacial score (nSPS) is 22.5. The summed E-state index contributed by atoms with van der Waals surface area (Å²) in [7, 11) is 0. The number of aromatic nitrogens is 2. The minimum absolute atomic E-state index is 0.0175. The number of halogens is 1. The van der Waals surface area contributed by atoms with E-state index in [1.54, 1.807) is 24.3 Å². The van der Waals surface area contributed by atoms with Crippen LogP contribution in [-0.4, -0.2) is 62.9 Å². The topological polar surface area (TPSA) is 191 Å². The van der Waals surface area contributed by atoms with Gasteiger partial charge in [-0.25, -0.2) is 14.6 Å². The third kappa shape index (κ3) is 6.96. The van der Waals surface area contributed by atoms with Gasteiger partial charge in [0.05, 0.1) is 45.5 Å². The van der Waals surface area contributed by atoms with Crippen LogP contribution in [0, 0.1) is 26.7 Å². The van der Waals surface area contributed by atoms with Crippen LogP contribution in [0.4, 0.5) is 5.69 Å². The molecule has 258 valence electrons. The summed E-state index contributed by atoms with van der Waals surface area (Å²) >= 11 is 2.13. The molecule has 1 aromatic heterocycles. The van der Waals surface area contributed by atoms with Gasteiger partial charge in [-0.15, -0.1) is 0 Å². The second-order valence-corrected chi connectivity index (χ2v) is 15.4. The van der Waals surface area contributed by atoms with Crippen LogP contribution in [0.3, 0.4) is 0 Å². The molecule has 1 atom stereocenters. The number of amides is 3. The predicted molar refractivity (Wildman–Crippen MR) is 192 cm³/mol. The van der Waals surface area contributed by atoms with Crippen LogP contribution in [0.5, 0.6) is 0 Å². The third-order valence-electron chi connectivity index (χ3n) is 10.6. The summed E-state index contributed by atoms with van der Waals surface area (Å²) in [5.41, 5.74) is 1.48. The number of carbonyl (C=O) groups excluding carboxylic acids is 3. The summed E-state index contributed by atoms with van der Waals surface area (Å²) in [5, 5.41) is 27.6. The van der Waals surface area contributed by atoms with Crippen molar-refractivity contribution in [3.05, 3.63) is 92.3 Å². The monoisotopic (exact) mass is 789 g/mol. The lowest BCUT2D eigenvalue weighted by atomic mass is 9.49. The molecule has 0 spiro atoms. The lowest BCUT2D eigenvalue weighted by molar-refractivity contribution is -0.117. The van der Waals surface area contributed by atoms with E-state index in [4.69, 9.17) is 0 Å². The maximum absolute atomic E-state index is 13.9. The van der Waals surface area contributed by atoms with E-state index in [0.29, 0.717) is 23.1 Å². The quantitative estimate of drug-likeness (QED) is 0.105. The molecule has 0 aliphatic heterocycles.